The van der Waals surface area contributed by atoms with Gasteiger partial charge in [-0.1, -0.05) is 36.4 Å². The first-order valence-electron chi connectivity index (χ1n) is 7.13. The predicted octanol–water partition coefficient (Wildman–Crippen LogP) is 3.04. The van der Waals surface area contributed by atoms with Crippen molar-refractivity contribution in [1.82, 2.24) is 0 Å². The molecule has 2 rings (SSSR count). The van der Waals surface area contributed by atoms with Crippen LogP contribution in [-0.4, -0.2) is 13.2 Å². The molecule has 0 bridgehead atoms. The second-order valence-corrected chi connectivity index (χ2v) is 4.76. The van der Waals surface area contributed by atoms with Gasteiger partial charge in [0, 0.05) is 12.6 Å². The summed E-state index contributed by atoms with van der Waals surface area (Å²) in [6.45, 7) is 3.42. The van der Waals surface area contributed by atoms with Crippen LogP contribution in [0.2, 0.25) is 0 Å². The molecule has 0 aliphatic rings. The molecule has 2 aromatic rings. The first-order valence-corrected chi connectivity index (χ1v) is 7.13. The van der Waals surface area contributed by atoms with Crippen molar-refractivity contribution in [2.45, 2.75) is 19.6 Å². The summed E-state index contributed by atoms with van der Waals surface area (Å²) in [5.41, 5.74) is 13.6. The Morgan fingerprint density at radius 1 is 1.00 bits per heavy atom. The zero-order valence-corrected chi connectivity index (χ0v) is 13.5. The SMILES string of the molecule is CCOc1cc([C@H](N)CN)ccc1OCc1ccccc1.Cl. The second kappa shape index (κ2) is 9.30. The molecule has 0 unspecified atom stereocenters. The Balaban J connectivity index is 0.00000242. The minimum Gasteiger partial charge on any atom is -0.490 e. The van der Waals surface area contributed by atoms with E-state index in [4.69, 9.17) is 20.9 Å². The van der Waals surface area contributed by atoms with Crippen LogP contribution >= 0.6 is 12.4 Å². The maximum absolute atomic E-state index is 5.95. The molecule has 0 aliphatic carbocycles. The first kappa shape index (κ1) is 18.3. The normalized spacial score (nSPS) is 11.4. The average Bonchev–Trinajstić information content (AvgIpc) is 2.54. The first-order chi connectivity index (χ1) is 10.2. The van der Waals surface area contributed by atoms with E-state index in [0.29, 0.717) is 31.3 Å². The smallest absolute Gasteiger partial charge is 0.161 e. The fourth-order valence-corrected chi connectivity index (χ4v) is 2.01. The monoisotopic (exact) mass is 322 g/mol. The van der Waals surface area contributed by atoms with Crippen LogP contribution in [0, 0.1) is 0 Å². The van der Waals surface area contributed by atoms with Gasteiger partial charge in [0.05, 0.1) is 6.61 Å². The lowest BCUT2D eigenvalue weighted by atomic mass is 10.1. The number of rotatable bonds is 7. The summed E-state index contributed by atoms with van der Waals surface area (Å²) >= 11 is 0. The number of hydrogen-bond donors (Lipinski definition) is 2. The maximum atomic E-state index is 5.95. The van der Waals surface area contributed by atoms with E-state index in [9.17, 15) is 0 Å². The van der Waals surface area contributed by atoms with Crippen LogP contribution in [0.15, 0.2) is 48.5 Å². The van der Waals surface area contributed by atoms with E-state index in [2.05, 4.69) is 0 Å². The highest BCUT2D eigenvalue weighted by atomic mass is 35.5. The Kier molecular flexibility index (Phi) is 7.74. The van der Waals surface area contributed by atoms with Crippen molar-refractivity contribution in [3.8, 4) is 11.5 Å². The number of halogens is 1. The van der Waals surface area contributed by atoms with E-state index >= 15 is 0 Å². The highest BCUT2D eigenvalue weighted by molar-refractivity contribution is 5.85. The molecule has 0 aliphatic heterocycles. The largest absolute Gasteiger partial charge is 0.490 e. The molecular weight excluding hydrogens is 300 g/mol. The molecule has 0 heterocycles. The molecular formula is C17H23ClN2O2. The van der Waals surface area contributed by atoms with Crippen molar-refractivity contribution < 1.29 is 9.47 Å². The average molecular weight is 323 g/mol. The van der Waals surface area contributed by atoms with Crippen molar-refractivity contribution in [3.05, 3.63) is 59.7 Å². The van der Waals surface area contributed by atoms with Gasteiger partial charge < -0.3 is 20.9 Å². The van der Waals surface area contributed by atoms with E-state index in [1.165, 1.54) is 0 Å². The Labute approximate surface area is 137 Å². The number of nitrogens with two attached hydrogens (primary N) is 2. The summed E-state index contributed by atoms with van der Waals surface area (Å²) in [4.78, 5) is 0. The van der Waals surface area contributed by atoms with Gasteiger partial charge in [0.15, 0.2) is 11.5 Å². The zero-order chi connectivity index (χ0) is 15.1. The van der Waals surface area contributed by atoms with E-state index < -0.39 is 0 Å². The molecule has 120 valence electrons. The molecule has 0 saturated carbocycles. The molecule has 0 amide bonds. The van der Waals surface area contributed by atoms with Gasteiger partial charge in [0.25, 0.3) is 0 Å². The molecule has 0 spiro atoms. The summed E-state index contributed by atoms with van der Waals surface area (Å²) in [5.74, 6) is 1.42. The Hall–Kier alpha value is -1.75. The van der Waals surface area contributed by atoms with Crippen molar-refractivity contribution in [2.24, 2.45) is 11.5 Å². The molecule has 0 fully saturated rings. The lowest BCUT2D eigenvalue weighted by molar-refractivity contribution is 0.269. The highest BCUT2D eigenvalue weighted by Gasteiger charge is 2.10. The summed E-state index contributed by atoms with van der Waals surface area (Å²) in [7, 11) is 0. The fraction of sp³-hybridized carbons (Fsp3) is 0.294. The van der Waals surface area contributed by atoms with Gasteiger partial charge in [0.1, 0.15) is 6.61 Å². The Bertz CT molecular complexity index is 564. The third-order valence-corrected chi connectivity index (χ3v) is 3.19. The third kappa shape index (κ3) is 4.91. The molecule has 5 heteroatoms. The van der Waals surface area contributed by atoms with Crippen molar-refractivity contribution >= 4 is 12.4 Å². The predicted molar refractivity (Wildman–Crippen MR) is 91.6 cm³/mol. The van der Waals surface area contributed by atoms with Gasteiger partial charge in [-0.05, 0) is 30.2 Å². The molecule has 4 N–H and O–H groups in total. The Morgan fingerprint density at radius 3 is 2.36 bits per heavy atom. The van der Waals surface area contributed by atoms with Gasteiger partial charge in [-0.15, -0.1) is 12.4 Å². The van der Waals surface area contributed by atoms with Crippen LogP contribution in [0.3, 0.4) is 0 Å². The molecule has 2 aromatic carbocycles. The summed E-state index contributed by atoms with van der Waals surface area (Å²) in [5, 5.41) is 0. The van der Waals surface area contributed by atoms with Crippen LogP contribution in [0.1, 0.15) is 24.1 Å². The van der Waals surface area contributed by atoms with E-state index in [-0.39, 0.29) is 18.4 Å². The summed E-state index contributed by atoms with van der Waals surface area (Å²) in [6, 6.07) is 15.6. The zero-order valence-electron chi connectivity index (χ0n) is 12.7. The fourth-order valence-electron chi connectivity index (χ4n) is 2.01. The van der Waals surface area contributed by atoms with Crippen LogP contribution in [0.5, 0.6) is 11.5 Å². The van der Waals surface area contributed by atoms with E-state index in [1.807, 2.05) is 55.5 Å². The van der Waals surface area contributed by atoms with E-state index in [0.717, 1.165) is 11.1 Å². The lowest BCUT2D eigenvalue weighted by Gasteiger charge is -2.15. The number of hydrogen-bond acceptors (Lipinski definition) is 4. The molecule has 4 nitrogen and oxygen atoms in total. The number of ether oxygens (including phenoxy) is 2. The summed E-state index contributed by atoms with van der Waals surface area (Å²) in [6.07, 6.45) is 0. The van der Waals surface area contributed by atoms with Crippen LogP contribution in [0.4, 0.5) is 0 Å². The second-order valence-electron chi connectivity index (χ2n) is 4.76. The van der Waals surface area contributed by atoms with Gasteiger partial charge in [-0.25, -0.2) is 0 Å². The van der Waals surface area contributed by atoms with Gasteiger partial charge in [-0.2, -0.15) is 0 Å². The quantitative estimate of drug-likeness (QED) is 0.822. The summed E-state index contributed by atoms with van der Waals surface area (Å²) < 4.78 is 11.5. The van der Waals surface area contributed by atoms with Crippen LogP contribution in [-0.2, 0) is 6.61 Å². The van der Waals surface area contributed by atoms with Crippen molar-refractivity contribution in [3.63, 3.8) is 0 Å². The van der Waals surface area contributed by atoms with Gasteiger partial charge in [0.2, 0.25) is 0 Å². The van der Waals surface area contributed by atoms with Gasteiger partial charge in [-0.3, -0.25) is 0 Å². The van der Waals surface area contributed by atoms with Crippen molar-refractivity contribution in [1.29, 1.82) is 0 Å². The van der Waals surface area contributed by atoms with Gasteiger partial charge >= 0.3 is 0 Å². The molecule has 0 radical (unpaired) electrons. The van der Waals surface area contributed by atoms with Crippen LogP contribution in [0.25, 0.3) is 0 Å². The lowest BCUT2D eigenvalue weighted by Crippen LogP contribution is -2.20. The van der Waals surface area contributed by atoms with Crippen molar-refractivity contribution in [2.75, 3.05) is 13.2 Å². The minimum atomic E-state index is -0.188. The standard InChI is InChI=1S/C17H22N2O2.ClH/c1-2-20-17-10-14(15(19)11-18)8-9-16(17)21-12-13-6-4-3-5-7-13;/h3-10,15H,2,11-12,18-19H2,1H3;1H/t15-;/m1./s1. The van der Waals surface area contributed by atoms with Crippen LogP contribution < -0.4 is 20.9 Å². The topological polar surface area (TPSA) is 70.5 Å². The Morgan fingerprint density at radius 2 is 1.73 bits per heavy atom. The molecule has 0 aromatic heterocycles. The number of benzene rings is 2. The molecule has 22 heavy (non-hydrogen) atoms. The molecule has 0 saturated heterocycles. The molecule has 1 atom stereocenters. The van der Waals surface area contributed by atoms with E-state index in [1.54, 1.807) is 0 Å². The third-order valence-electron chi connectivity index (χ3n) is 3.19. The highest BCUT2D eigenvalue weighted by Crippen LogP contribution is 2.30. The maximum Gasteiger partial charge on any atom is 0.161 e. The minimum absolute atomic E-state index is 0.